The van der Waals surface area contributed by atoms with Gasteiger partial charge in [-0.2, -0.15) is 10.2 Å². The average molecular weight is 451 g/mol. The molecule has 124 valence electrons. The number of fused-ring (bicyclic) bond motifs is 1. The SMILES string of the molecule is C#Cc1nn(PI)c2ccc(-c3cnn(C)c3CN(C)CC)cc12. The molecule has 0 radical (unpaired) electrons. The molecular formula is C17H19IN5P. The van der Waals surface area contributed by atoms with Crippen molar-refractivity contribution in [2.75, 3.05) is 13.6 Å². The van der Waals surface area contributed by atoms with Crippen molar-refractivity contribution in [1.82, 2.24) is 24.2 Å². The number of terminal acetylenes is 1. The molecule has 0 amide bonds. The van der Waals surface area contributed by atoms with Gasteiger partial charge >= 0.3 is 0 Å². The molecule has 1 aromatic carbocycles. The standard InChI is InChI=1S/C17H19IN5P/c1-5-15-13-9-12(7-8-16(13)23(20-15)24-18)14-10-19-22(4)17(14)11-21(3)6-2/h1,7-10,24H,6,11H2,2-4H3. The van der Waals surface area contributed by atoms with Crippen LogP contribution in [0.3, 0.4) is 0 Å². The molecule has 0 fully saturated rings. The molecule has 0 spiro atoms. The lowest BCUT2D eigenvalue weighted by Crippen LogP contribution is -2.19. The quantitative estimate of drug-likeness (QED) is 0.338. The minimum Gasteiger partial charge on any atom is -0.301 e. The van der Waals surface area contributed by atoms with Crippen LogP contribution in [0.2, 0.25) is 0 Å². The third kappa shape index (κ3) is 3.08. The van der Waals surface area contributed by atoms with Crippen LogP contribution in [-0.4, -0.2) is 37.8 Å². The summed E-state index contributed by atoms with van der Waals surface area (Å²) >= 11 is 2.32. The lowest BCUT2D eigenvalue weighted by Gasteiger charge is -2.15. The van der Waals surface area contributed by atoms with Gasteiger partial charge in [-0.3, -0.25) is 4.68 Å². The molecule has 1 unspecified atom stereocenters. The molecule has 0 bridgehead atoms. The largest absolute Gasteiger partial charge is 0.301 e. The number of benzene rings is 1. The molecule has 3 rings (SSSR count). The fourth-order valence-corrected chi connectivity index (χ4v) is 4.24. The van der Waals surface area contributed by atoms with E-state index in [0.29, 0.717) is 12.1 Å². The summed E-state index contributed by atoms with van der Waals surface area (Å²) in [5.41, 5.74) is 5.25. The van der Waals surface area contributed by atoms with Crippen LogP contribution in [0, 0.1) is 12.3 Å². The minimum atomic E-state index is 0.526. The first-order chi connectivity index (χ1) is 11.6. The van der Waals surface area contributed by atoms with E-state index < -0.39 is 0 Å². The lowest BCUT2D eigenvalue weighted by molar-refractivity contribution is 0.335. The Morgan fingerprint density at radius 1 is 1.42 bits per heavy atom. The molecule has 0 aliphatic heterocycles. The van der Waals surface area contributed by atoms with Crippen LogP contribution in [0.15, 0.2) is 24.4 Å². The number of halogens is 1. The van der Waals surface area contributed by atoms with Gasteiger partial charge in [0.1, 0.15) is 5.69 Å². The first kappa shape index (κ1) is 17.4. The summed E-state index contributed by atoms with van der Waals surface area (Å²) in [4.78, 5) is 2.27. The van der Waals surface area contributed by atoms with E-state index >= 15 is 0 Å². The number of aromatic nitrogens is 4. The molecule has 7 heteroatoms. The van der Waals surface area contributed by atoms with Gasteiger partial charge < -0.3 is 4.90 Å². The van der Waals surface area contributed by atoms with Crippen LogP contribution < -0.4 is 0 Å². The van der Waals surface area contributed by atoms with E-state index in [9.17, 15) is 0 Å². The molecule has 0 aliphatic rings. The summed E-state index contributed by atoms with van der Waals surface area (Å²) in [7, 11) is 4.10. The van der Waals surface area contributed by atoms with Gasteiger partial charge in [0.25, 0.3) is 0 Å². The maximum atomic E-state index is 5.64. The Balaban J connectivity index is 2.12. The van der Waals surface area contributed by atoms with E-state index in [4.69, 9.17) is 6.42 Å². The van der Waals surface area contributed by atoms with Crippen LogP contribution in [0.5, 0.6) is 0 Å². The fraction of sp³-hybridized carbons (Fsp3) is 0.294. The van der Waals surface area contributed by atoms with Crippen molar-refractivity contribution in [2.45, 2.75) is 13.5 Å². The van der Waals surface area contributed by atoms with Crippen LogP contribution in [0.1, 0.15) is 18.3 Å². The maximum Gasteiger partial charge on any atom is 0.143 e. The zero-order valence-electron chi connectivity index (χ0n) is 13.9. The van der Waals surface area contributed by atoms with Crippen LogP contribution in [-0.2, 0) is 13.6 Å². The highest BCUT2D eigenvalue weighted by atomic mass is 127. The average Bonchev–Trinajstić information content (AvgIpc) is 3.14. The van der Waals surface area contributed by atoms with Gasteiger partial charge in [0, 0.05) is 24.5 Å². The molecule has 5 nitrogen and oxygen atoms in total. The summed E-state index contributed by atoms with van der Waals surface area (Å²) in [6, 6.07) is 6.37. The van der Waals surface area contributed by atoms with Crippen molar-refractivity contribution in [3.63, 3.8) is 0 Å². The predicted molar refractivity (Wildman–Crippen MR) is 110 cm³/mol. The van der Waals surface area contributed by atoms with E-state index in [2.05, 4.69) is 75.2 Å². The highest BCUT2D eigenvalue weighted by Gasteiger charge is 2.15. The van der Waals surface area contributed by atoms with Gasteiger partial charge in [-0.25, -0.2) is 4.45 Å². The summed E-state index contributed by atoms with van der Waals surface area (Å²) in [5.74, 6) is 2.70. The third-order valence-electron chi connectivity index (χ3n) is 4.23. The van der Waals surface area contributed by atoms with Crippen molar-refractivity contribution < 1.29 is 0 Å². The second-order valence-electron chi connectivity index (χ2n) is 5.68. The first-order valence-electron chi connectivity index (χ1n) is 7.64. The molecule has 2 heterocycles. The Labute approximate surface area is 156 Å². The Hall–Kier alpha value is -1.42. The number of nitrogens with zero attached hydrogens (tertiary/aromatic N) is 5. The van der Waals surface area contributed by atoms with E-state index in [1.165, 1.54) is 5.69 Å². The molecular weight excluding hydrogens is 432 g/mol. The summed E-state index contributed by atoms with van der Waals surface area (Å²) in [6.07, 6.45) is 8.10. The van der Waals surface area contributed by atoms with E-state index in [0.717, 1.165) is 35.1 Å². The van der Waals surface area contributed by atoms with Crippen LogP contribution in [0.4, 0.5) is 0 Å². The summed E-state index contributed by atoms with van der Waals surface area (Å²) in [6.45, 7) is 4.01. The highest BCUT2D eigenvalue weighted by molar-refractivity contribution is 14.2. The van der Waals surface area contributed by atoms with Crippen LogP contribution >= 0.6 is 28.4 Å². The van der Waals surface area contributed by atoms with E-state index in [-0.39, 0.29) is 0 Å². The van der Waals surface area contributed by atoms with Crippen molar-refractivity contribution in [1.29, 1.82) is 0 Å². The normalized spacial score (nSPS) is 11.8. The van der Waals surface area contributed by atoms with Crippen LogP contribution in [0.25, 0.3) is 22.0 Å². The highest BCUT2D eigenvalue weighted by Crippen LogP contribution is 2.33. The Morgan fingerprint density at radius 2 is 2.21 bits per heavy atom. The molecule has 0 N–H and O–H groups in total. The van der Waals surface area contributed by atoms with Gasteiger partial charge in [0.05, 0.1) is 23.8 Å². The number of hydrogen-bond acceptors (Lipinski definition) is 3. The second kappa shape index (κ2) is 7.22. The van der Waals surface area contributed by atoms with Crippen molar-refractivity contribution in [3.8, 4) is 23.5 Å². The van der Waals surface area contributed by atoms with Crippen molar-refractivity contribution >= 4 is 39.3 Å². The molecule has 0 saturated heterocycles. The lowest BCUT2D eigenvalue weighted by atomic mass is 10.0. The topological polar surface area (TPSA) is 38.9 Å². The summed E-state index contributed by atoms with van der Waals surface area (Å²) in [5, 5.41) is 9.99. The Morgan fingerprint density at radius 3 is 2.88 bits per heavy atom. The van der Waals surface area contributed by atoms with E-state index in [1.54, 1.807) is 0 Å². The molecule has 0 saturated carbocycles. The molecule has 0 aliphatic carbocycles. The Kier molecular flexibility index (Phi) is 5.24. The number of rotatable bonds is 5. The first-order valence-corrected chi connectivity index (χ1v) is 11.7. The maximum absolute atomic E-state index is 5.64. The van der Waals surface area contributed by atoms with Gasteiger partial charge in [0.15, 0.2) is 0 Å². The third-order valence-corrected chi connectivity index (χ3v) is 6.10. The molecule has 24 heavy (non-hydrogen) atoms. The van der Waals surface area contributed by atoms with E-state index in [1.807, 2.05) is 22.4 Å². The smallest absolute Gasteiger partial charge is 0.143 e. The predicted octanol–water partition coefficient (Wildman–Crippen LogP) is 3.66. The Bertz CT molecular complexity index is 921. The fourth-order valence-electron chi connectivity index (χ4n) is 2.72. The molecule has 2 aromatic heterocycles. The van der Waals surface area contributed by atoms with Crippen molar-refractivity contribution in [3.05, 3.63) is 35.8 Å². The van der Waals surface area contributed by atoms with Crippen molar-refractivity contribution in [2.24, 2.45) is 7.05 Å². The summed E-state index contributed by atoms with van der Waals surface area (Å²) < 4.78 is 3.91. The zero-order chi connectivity index (χ0) is 17.3. The zero-order valence-corrected chi connectivity index (χ0v) is 17.1. The van der Waals surface area contributed by atoms with Gasteiger partial charge in [0.2, 0.25) is 0 Å². The number of hydrogen-bond donors (Lipinski definition) is 0. The molecule has 1 atom stereocenters. The number of aryl methyl sites for hydroxylation is 1. The van der Waals surface area contributed by atoms with Gasteiger partial charge in [-0.15, -0.1) is 6.42 Å². The van der Waals surface area contributed by atoms with Gasteiger partial charge in [-0.05, 0) is 59.3 Å². The van der Waals surface area contributed by atoms with Gasteiger partial charge in [-0.1, -0.05) is 13.0 Å². The second-order valence-corrected chi connectivity index (χ2v) is 7.72. The monoisotopic (exact) mass is 451 g/mol. The minimum absolute atomic E-state index is 0.526. The molecule has 3 aromatic rings.